The average Bonchev–Trinajstić information content (AvgIpc) is 2.31. The van der Waals surface area contributed by atoms with Crippen LogP contribution in [0.3, 0.4) is 0 Å². The molecule has 2 N–H and O–H groups in total. The largest absolute Gasteiger partial charge is 0.573 e. The van der Waals surface area contributed by atoms with Crippen LogP contribution in [-0.2, 0) is 0 Å². The molecule has 112 valence electrons. The van der Waals surface area contributed by atoms with Crippen LogP contribution >= 0.6 is 0 Å². The maximum atomic E-state index is 12.5. The quantitative estimate of drug-likeness (QED) is 0.884. The van der Waals surface area contributed by atoms with Crippen LogP contribution in [0.1, 0.15) is 44.6 Å². The van der Waals surface area contributed by atoms with Crippen LogP contribution < -0.4 is 10.5 Å². The molecule has 1 aliphatic rings. The number of alkyl halides is 3. The Kier molecular flexibility index (Phi) is 4.00. The molecule has 1 fully saturated rings. The maximum absolute atomic E-state index is 12.5. The lowest BCUT2D eigenvalue weighted by atomic mass is 9.68. The zero-order valence-electron chi connectivity index (χ0n) is 11.7. The molecule has 0 aromatic heterocycles. The summed E-state index contributed by atoms with van der Waals surface area (Å²) < 4.78 is 41.6. The van der Waals surface area contributed by atoms with Gasteiger partial charge < -0.3 is 10.5 Å². The van der Waals surface area contributed by atoms with Crippen LogP contribution in [0.15, 0.2) is 24.3 Å². The zero-order valence-corrected chi connectivity index (χ0v) is 11.7. The summed E-state index contributed by atoms with van der Waals surface area (Å²) in [6.07, 6.45) is -2.10. The van der Waals surface area contributed by atoms with Gasteiger partial charge in [0.05, 0.1) is 0 Å². The van der Waals surface area contributed by atoms with Crippen molar-refractivity contribution in [1.29, 1.82) is 0 Å². The predicted molar refractivity (Wildman–Crippen MR) is 71.5 cm³/mol. The van der Waals surface area contributed by atoms with E-state index < -0.39 is 6.36 Å². The Bertz CT molecular complexity index is 470. The molecule has 1 aromatic rings. The molecule has 5 heteroatoms. The number of para-hydroxylation sites is 1. The Labute approximate surface area is 117 Å². The standard InChI is InChI=1S/C15H20F3NO/c1-14(2)8-7-12(19)11(9-14)10-5-3-4-6-13(10)20-15(16,17)18/h3-6,11-12H,7-9,19H2,1-2H3. The molecule has 20 heavy (non-hydrogen) atoms. The van der Waals surface area contributed by atoms with E-state index in [0.29, 0.717) is 5.56 Å². The van der Waals surface area contributed by atoms with E-state index in [2.05, 4.69) is 18.6 Å². The van der Waals surface area contributed by atoms with Crippen molar-refractivity contribution in [3.05, 3.63) is 29.8 Å². The summed E-state index contributed by atoms with van der Waals surface area (Å²) in [4.78, 5) is 0. The van der Waals surface area contributed by atoms with Gasteiger partial charge in [0.2, 0.25) is 0 Å². The topological polar surface area (TPSA) is 35.2 Å². The molecular formula is C15H20F3NO. The van der Waals surface area contributed by atoms with E-state index in [0.717, 1.165) is 19.3 Å². The molecule has 0 amide bonds. The van der Waals surface area contributed by atoms with Gasteiger partial charge >= 0.3 is 6.36 Å². The molecule has 2 atom stereocenters. The fraction of sp³-hybridized carbons (Fsp3) is 0.600. The highest BCUT2D eigenvalue weighted by molar-refractivity contribution is 5.38. The fourth-order valence-electron chi connectivity index (χ4n) is 2.95. The van der Waals surface area contributed by atoms with Gasteiger partial charge in [-0.05, 0) is 36.3 Å². The van der Waals surface area contributed by atoms with Crippen molar-refractivity contribution in [2.75, 3.05) is 0 Å². The first-order valence-corrected chi connectivity index (χ1v) is 6.78. The van der Waals surface area contributed by atoms with Gasteiger partial charge in [0.25, 0.3) is 0 Å². The molecule has 0 saturated heterocycles. The first kappa shape index (κ1) is 15.2. The van der Waals surface area contributed by atoms with Crippen molar-refractivity contribution in [2.24, 2.45) is 11.1 Å². The second-order valence-corrected chi connectivity index (χ2v) is 6.26. The SMILES string of the molecule is CC1(C)CCC(N)C(c2ccccc2OC(F)(F)F)C1. The summed E-state index contributed by atoms with van der Waals surface area (Å²) in [5.41, 5.74) is 6.78. The molecule has 2 nitrogen and oxygen atoms in total. The second kappa shape index (κ2) is 5.28. The number of hydrogen-bond acceptors (Lipinski definition) is 2. The van der Waals surface area contributed by atoms with Gasteiger partial charge in [0, 0.05) is 12.0 Å². The highest BCUT2D eigenvalue weighted by Gasteiger charge is 2.37. The first-order chi connectivity index (χ1) is 9.18. The number of rotatable bonds is 2. The molecular weight excluding hydrogens is 267 g/mol. The lowest BCUT2D eigenvalue weighted by Crippen LogP contribution is -2.38. The smallest absolute Gasteiger partial charge is 0.405 e. The van der Waals surface area contributed by atoms with Crippen molar-refractivity contribution >= 4 is 0 Å². The maximum Gasteiger partial charge on any atom is 0.573 e. The molecule has 1 saturated carbocycles. The van der Waals surface area contributed by atoms with E-state index in [1.165, 1.54) is 6.07 Å². The fourth-order valence-corrected chi connectivity index (χ4v) is 2.95. The lowest BCUT2D eigenvalue weighted by Gasteiger charge is -2.40. The summed E-state index contributed by atoms with van der Waals surface area (Å²) in [6.45, 7) is 4.25. The number of hydrogen-bond donors (Lipinski definition) is 1. The minimum absolute atomic E-state index is 0.0892. The predicted octanol–water partition coefficient (Wildman–Crippen LogP) is 4.21. The monoisotopic (exact) mass is 287 g/mol. The van der Waals surface area contributed by atoms with Crippen LogP contribution in [0.4, 0.5) is 13.2 Å². The molecule has 0 heterocycles. The van der Waals surface area contributed by atoms with Crippen LogP contribution in [0.2, 0.25) is 0 Å². The molecule has 0 spiro atoms. The minimum Gasteiger partial charge on any atom is -0.405 e. The normalized spacial score (nSPS) is 26.3. The third-order valence-corrected chi connectivity index (χ3v) is 3.99. The number of halogens is 3. The molecule has 2 unspecified atom stereocenters. The third kappa shape index (κ3) is 3.66. The van der Waals surface area contributed by atoms with Crippen LogP contribution in [-0.4, -0.2) is 12.4 Å². The van der Waals surface area contributed by atoms with Gasteiger partial charge in [-0.25, -0.2) is 0 Å². The number of ether oxygens (including phenoxy) is 1. The molecule has 0 radical (unpaired) electrons. The average molecular weight is 287 g/mol. The van der Waals surface area contributed by atoms with Gasteiger partial charge in [-0.3, -0.25) is 0 Å². The lowest BCUT2D eigenvalue weighted by molar-refractivity contribution is -0.275. The minimum atomic E-state index is -4.68. The Balaban J connectivity index is 2.31. The van der Waals surface area contributed by atoms with Crippen molar-refractivity contribution in [3.8, 4) is 5.75 Å². The van der Waals surface area contributed by atoms with E-state index in [1.54, 1.807) is 18.2 Å². The highest BCUT2D eigenvalue weighted by Crippen LogP contribution is 2.45. The van der Waals surface area contributed by atoms with E-state index >= 15 is 0 Å². The Morgan fingerprint density at radius 2 is 1.90 bits per heavy atom. The van der Waals surface area contributed by atoms with Crippen molar-refractivity contribution in [2.45, 2.75) is 51.4 Å². The Morgan fingerprint density at radius 1 is 1.25 bits per heavy atom. The summed E-state index contributed by atoms with van der Waals surface area (Å²) in [6, 6.07) is 6.20. The molecule has 0 bridgehead atoms. The van der Waals surface area contributed by atoms with Gasteiger partial charge in [0.15, 0.2) is 0 Å². The van der Waals surface area contributed by atoms with Crippen molar-refractivity contribution in [3.63, 3.8) is 0 Å². The third-order valence-electron chi connectivity index (χ3n) is 3.99. The number of nitrogens with two attached hydrogens (primary N) is 1. The summed E-state index contributed by atoms with van der Waals surface area (Å²) in [7, 11) is 0. The molecule has 0 aliphatic heterocycles. The summed E-state index contributed by atoms with van der Waals surface area (Å²) in [5.74, 6) is -0.226. The Morgan fingerprint density at radius 3 is 2.55 bits per heavy atom. The van der Waals surface area contributed by atoms with Crippen LogP contribution in [0.25, 0.3) is 0 Å². The van der Waals surface area contributed by atoms with Crippen molar-refractivity contribution in [1.82, 2.24) is 0 Å². The van der Waals surface area contributed by atoms with Gasteiger partial charge in [-0.2, -0.15) is 0 Å². The molecule has 2 rings (SSSR count). The number of benzene rings is 1. The summed E-state index contributed by atoms with van der Waals surface area (Å²) in [5, 5.41) is 0. The van der Waals surface area contributed by atoms with Gasteiger partial charge in [-0.1, -0.05) is 32.0 Å². The van der Waals surface area contributed by atoms with E-state index in [9.17, 15) is 13.2 Å². The van der Waals surface area contributed by atoms with Gasteiger partial charge in [-0.15, -0.1) is 13.2 Å². The Hall–Kier alpha value is -1.23. The molecule has 1 aromatic carbocycles. The summed E-state index contributed by atoms with van der Waals surface area (Å²) >= 11 is 0. The molecule has 1 aliphatic carbocycles. The second-order valence-electron chi connectivity index (χ2n) is 6.26. The van der Waals surface area contributed by atoms with Crippen LogP contribution in [0, 0.1) is 5.41 Å². The van der Waals surface area contributed by atoms with E-state index in [1.807, 2.05) is 0 Å². The first-order valence-electron chi connectivity index (χ1n) is 6.78. The van der Waals surface area contributed by atoms with E-state index in [-0.39, 0.29) is 23.1 Å². The zero-order chi connectivity index (χ0) is 15.0. The van der Waals surface area contributed by atoms with Crippen LogP contribution in [0.5, 0.6) is 5.75 Å². The van der Waals surface area contributed by atoms with Gasteiger partial charge in [0.1, 0.15) is 5.75 Å². The highest BCUT2D eigenvalue weighted by atomic mass is 19.4. The van der Waals surface area contributed by atoms with E-state index in [4.69, 9.17) is 5.73 Å². The van der Waals surface area contributed by atoms with Crippen molar-refractivity contribution < 1.29 is 17.9 Å².